The summed E-state index contributed by atoms with van der Waals surface area (Å²) in [6.07, 6.45) is -0.879. The Bertz CT molecular complexity index is 758. The van der Waals surface area contributed by atoms with E-state index in [1.165, 1.54) is 31.2 Å². The average Bonchev–Trinajstić information content (AvgIpc) is 2.81. The maximum atomic E-state index is 12.1. The van der Waals surface area contributed by atoms with E-state index in [1.807, 2.05) is 0 Å². The molecule has 2 amide bonds. The summed E-state index contributed by atoms with van der Waals surface area (Å²) in [5.41, 5.74) is 5.20. The number of carbonyl (C=O) groups is 3. The van der Waals surface area contributed by atoms with Crippen molar-refractivity contribution in [3.05, 3.63) is 40.6 Å². The van der Waals surface area contributed by atoms with E-state index in [1.54, 1.807) is 0 Å². The maximum absolute atomic E-state index is 12.1. The zero-order chi connectivity index (χ0) is 17.6. The molecule has 0 bridgehead atoms. The number of thioether (sulfide) groups is 1. The molecule has 2 heterocycles. The molecule has 0 aliphatic carbocycles. The first-order valence-electron chi connectivity index (χ1n) is 7.04. The fourth-order valence-electron chi connectivity index (χ4n) is 2.62. The number of aliphatic carboxylic acids is 1. The largest absolute Gasteiger partial charge is 0.476 e. The summed E-state index contributed by atoms with van der Waals surface area (Å²) in [7, 11) is 0. The van der Waals surface area contributed by atoms with Gasteiger partial charge in [0.05, 0.1) is 12.0 Å². The Labute approximate surface area is 140 Å². The number of amides is 2. The van der Waals surface area contributed by atoms with Crippen molar-refractivity contribution >= 4 is 29.5 Å². The molecule has 1 unspecified atom stereocenters. The van der Waals surface area contributed by atoms with Crippen molar-refractivity contribution in [2.45, 2.75) is 18.4 Å². The number of fused-ring (bicyclic) bond motifs is 1. The molecule has 1 aromatic rings. The summed E-state index contributed by atoms with van der Waals surface area (Å²) < 4.78 is 5.58. The summed E-state index contributed by atoms with van der Waals surface area (Å²) >= 11 is 1.07. The van der Waals surface area contributed by atoms with Crippen molar-refractivity contribution in [3.8, 4) is 5.75 Å². The SMILES string of the molecule is CC(O)[C@H]1C(=O)N2C(C(=O)O)=C(Oc3ccc(C(N)=O)cc3)S[C@H]12. The molecule has 9 heteroatoms. The Morgan fingerprint density at radius 2 is 1.96 bits per heavy atom. The highest BCUT2D eigenvalue weighted by molar-refractivity contribution is 8.03. The van der Waals surface area contributed by atoms with E-state index >= 15 is 0 Å². The minimum atomic E-state index is -1.29. The third-order valence-electron chi connectivity index (χ3n) is 3.82. The van der Waals surface area contributed by atoms with E-state index in [4.69, 9.17) is 10.5 Å². The van der Waals surface area contributed by atoms with Crippen LogP contribution >= 0.6 is 11.8 Å². The van der Waals surface area contributed by atoms with Gasteiger partial charge in [0, 0.05) is 5.56 Å². The number of carboxylic acids is 1. The van der Waals surface area contributed by atoms with E-state index < -0.39 is 35.2 Å². The van der Waals surface area contributed by atoms with Gasteiger partial charge in [0.15, 0.2) is 10.8 Å². The van der Waals surface area contributed by atoms with Crippen LogP contribution in [0.3, 0.4) is 0 Å². The highest BCUT2D eigenvalue weighted by Crippen LogP contribution is 2.50. The second kappa shape index (κ2) is 5.84. The molecule has 0 saturated carbocycles. The van der Waals surface area contributed by atoms with Gasteiger partial charge in [0.25, 0.3) is 0 Å². The monoisotopic (exact) mass is 350 g/mol. The molecule has 1 fully saturated rings. The van der Waals surface area contributed by atoms with Gasteiger partial charge in [-0.05, 0) is 31.2 Å². The van der Waals surface area contributed by atoms with Gasteiger partial charge in [-0.25, -0.2) is 4.79 Å². The lowest BCUT2D eigenvalue weighted by Crippen LogP contribution is -2.60. The quantitative estimate of drug-likeness (QED) is 0.652. The first-order chi connectivity index (χ1) is 11.3. The number of carbonyl (C=O) groups excluding carboxylic acids is 2. The molecule has 0 spiro atoms. The van der Waals surface area contributed by atoms with E-state index in [9.17, 15) is 24.6 Å². The Morgan fingerprint density at radius 1 is 1.33 bits per heavy atom. The number of β-lactam (4-membered cyclic amide) rings is 1. The van der Waals surface area contributed by atoms with Gasteiger partial charge in [-0.3, -0.25) is 14.5 Å². The molecular formula is C15H14N2O6S. The molecule has 3 rings (SSSR count). The van der Waals surface area contributed by atoms with Gasteiger partial charge >= 0.3 is 5.97 Å². The fraction of sp³-hybridized carbons (Fsp3) is 0.267. The lowest BCUT2D eigenvalue weighted by molar-refractivity contribution is -0.156. The highest BCUT2D eigenvalue weighted by atomic mass is 32.2. The molecule has 24 heavy (non-hydrogen) atoms. The van der Waals surface area contributed by atoms with Crippen LogP contribution in [0.1, 0.15) is 17.3 Å². The van der Waals surface area contributed by atoms with E-state index in [0.717, 1.165) is 16.7 Å². The number of aliphatic hydroxyl groups is 1. The number of hydrogen-bond donors (Lipinski definition) is 3. The first-order valence-corrected chi connectivity index (χ1v) is 7.92. The molecule has 1 saturated heterocycles. The zero-order valence-electron chi connectivity index (χ0n) is 12.5. The van der Waals surface area contributed by atoms with Gasteiger partial charge in [-0.1, -0.05) is 11.8 Å². The maximum Gasteiger partial charge on any atom is 0.357 e. The molecule has 2 aliphatic heterocycles. The Morgan fingerprint density at radius 3 is 2.46 bits per heavy atom. The van der Waals surface area contributed by atoms with Crippen molar-refractivity contribution in [2.24, 2.45) is 11.7 Å². The number of ether oxygens (including phenoxy) is 1. The number of aliphatic hydroxyl groups excluding tert-OH is 1. The van der Waals surface area contributed by atoms with Gasteiger partial charge in [0.2, 0.25) is 11.8 Å². The Hall–Kier alpha value is -2.52. The van der Waals surface area contributed by atoms with Crippen LogP contribution in [0.5, 0.6) is 5.75 Å². The molecule has 1 aromatic carbocycles. The Kier molecular flexibility index (Phi) is 3.98. The van der Waals surface area contributed by atoms with Crippen molar-refractivity contribution in [1.82, 2.24) is 4.90 Å². The number of rotatable bonds is 5. The lowest BCUT2D eigenvalue weighted by atomic mass is 9.92. The number of nitrogens with zero attached hydrogens (tertiary/aromatic N) is 1. The average molecular weight is 350 g/mol. The number of nitrogens with two attached hydrogens (primary N) is 1. The second-order valence-corrected chi connectivity index (χ2v) is 6.50. The summed E-state index contributed by atoms with van der Waals surface area (Å²) in [6.45, 7) is 1.49. The molecule has 8 nitrogen and oxygen atoms in total. The fourth-order valence-corrected chi connectivity index (χ4v) is 4.08. The van der Waals surface area contributed by atoms with Crippen LogP contribution in [-0.2, 0) is 9.59 Å². The topological polar surface area (TPSA) is 130 Å². The molecule has 0 radical (unpaired) electrons. The first kappa shape index (κ1) is 16.3. The summed E-state index contributed by atoms with van der Waals surface area (Å²) in [5, 5.41) is 18.6. The smallest absolute Gasteiger partial charge is 0.357 e. The van der Waals surface area contributed by atoms with Gasteiger partial charge < -0.3 is 20.7 Å². The summed E-state index contributed by atoms with van der Waals surface area (Å²) in [6, 6.07) is 5.88. The van der Waals surface area contributed by atoms with E-state index in [0.29, 0.717) is 11.3 Å². The predicted octanol–water partition coefficient (Wildman–Crippen LogP) is 0.330. The third-order valence-corrected chi connectivity index (χ3v) is 5.05. The molecule has 4 N–H and O–H groups in total. The van der Waals surface area contributed by atoms with Crippen LogP contribution in [0.15, 0.2) is 35.1 Å². The van der Waals surface area contributed by atoms with Gasteiger partial charge in [-0.15, -0.1) is 0 Å². The summed E-state index contributed by atoms with van der Waals surface area (Å²) in [5.74, 6) is -2.67. The van der Waals surface area contributed by atoms with Crippen LogP contribution < -0.4 is 10.5 Å². The highest BCUT2D eigenvalue weighted by Gasteiger charge is 2.58. The van der Waals surface area contributed by atoms with Crippen LogP contribution in [0.2, 0.25) is 0 Å². The zero-order valence-corrected chi connectivity index (χ0v) is 13.3. The van der Waals surface area contributed by atoms with Gasteiger partial charge in [0.1, 0.15) is 11.1 Å². The van der Waals surface area contributed by atoms with E-state index in [-0.39, 0.29) is 10.8 Å². The van der Waals surface area contributed by atoms with Crippen molar-refractivity contribution < 1.29 is 29.3 Å². The summed E-state index contributed by atoms with van der Waals surface area (Å²) in [4.78, 5) is 35.7. The van der Waals surface area contributed by atoms with Crippen LogP contribution in [0.25, 0.3) is 0 Å². The second-order valence-electron chi connectivity index (χ2n) is 5.41. The van der Waals surface area contributed by atoms with Crippen LogP contribution in [0.4, 0.5) is 0 Å². The van der Waals surface area contributed by atoms with Crippen molar-refractivity contribution in [1.29, 1.82) is 0 Å². The predicted molar refractivity (Wildman–Crippen MR) is 83.6 cm³/mol. The lowest BCUT2D eigenvalue weighted by Gasteiger charge is -2.43. The van der Waals surface area contributed by atoms with Gasteiger partial charge in [-0.2, -0.15) is 0 Å². The molecule has 126 valence electrons. The normalized spacial score (nSPS) is 23.6. The molecule has 3 atom stereocenters. The number of carboxylic acid groups (broad SMARTS) is 1. The van der Waals surface area contributed by atoms with Crippen LogP contribution in [-0.4, -0.2) is 44.4 Å². The number of primary amides is 1. The minimum absolute atomic E-state index is 0.0656. The molecule has 2 aliphatic rings. The number of hydrogen-bond acceptors (Lipinski definition) is 6. The molecular weight excluding hydrogens is 336 g/mol. The Balaban J connectivity index is 1.86. The van der Waals surface area contributed by atoms with Crippen molar-refractivity contribution in [3.63, 3.8) is 0 Å². The molecule has 0 aromatic heterocycles. The number of benzene rings is 1. The standard InChI is InChI=1S/C15H14N2O6S/c1-6(18)9-12(20)17-10(14(21)22)15(24-13(9)17)23-8-4-2-7(3-5-8)11(16)19/h2-6,9,13,18H,1H3,(H2,16,19)(H,21,22)/t6?,9-,13+/m0/s1. The van der Waals surface area contributed by atoms with E-state index in [2.05, 4.69) is 0 Å². The minimum Gasteiger partial charge on any atom is -0.476 e. The third kappa shape index (κ3) is 2.51. The van der Waals surface area contributed by atoms with Crippen molar-refractivity contribution in [2.75, 3.05) is 0 Å². The van der Waals surface area contributed by atoms with Crippen LogP contribution in [0, 0.1) is 5.92 Å².